The number of fused-ring (bicyclic) bond motifs is 1. The average molecular weight is 618 g/mol. The van der Waals surface area contributed by atoms with Gasteiger partial charge in [-0.05, 0) is 66.1 Å². The zero-order valence-electron chi connectivity index (χ0n) is 26.3. The molecular formula is C38H39N3O5. The quantitative estimate of drug-likeness (QED) is 0.145. The Labute approximate surface area is 269 Å². The second-order valence-electron chi connectivity index (χ2n) is 11.5. The number of carbonyl (C=O) groups is 1. The van der Waals surface area contributed by atoms with Crippen molar-refractivity contribution in [2.45, 2.75) is 45.9 Å². The van der Waals surface area contributed by atoms with E-state index in [9.17, 15) is 9.90 Å². The van der Waals surface area contributed by atoms with Crippen LogP contribution in [0.15, 0.2) is 97.1 Å². The van der Waals surface area contributed by atoms with Crippen LogP contribution in [0.4, 0.5) is 0 Å². The fourth-order valence-electron chi connectivity index (χ4n) is 5.83. The van der Waals surface area contributed by atoms with Crippen LogP contribution < -0.4 is 14.2 Å². The molecule has 8 nitrogen and oxygen atoms in total. The Kier molecular flexibility index (Phi) is 9.65. The van der Waals surface area contributed by atoms with Crippen LogP contribution >= 0.6 is 0 Å². The third-order valence-corrected chi connectivity index (χ3v) is 8.20. The molecule has 46 heavy (non-hydrogen) atoms. The van der Waals surface area contributed by atoms with Crippen molar-refractivity contribution >= 4 is 5.97 Å². The summed E-state index contributed by atoms with van der Waals surface area (Å²) in [5, 5.41) is 9.46. The van der Waals surface area contributed by atoms with Gasteiger partial charge in [-0.25, -0.2) is 9.78 Å². The van der Waals surface area contributed by atoms with Gasteiger partial charge in [-0.2, -0.15) is 0 Å². The van der Waals surface area contributed by atoms with Crippen LogP contribution in [0.25, 0.3) is 22.6 Å². The highest BCUT2D eigenvalue weighted by Crippen LogP contribution is 2.34. The van der Waals surface area contributed by atoms with Gasteiger partial charge in [-0.15, -0.1) is 0 Å². The van der Waals surface area contributed by atoms with Crippen molar-refractivity contribution in [1.29, 1.82) is 0 Å². The zero-order valence-corrected chi connectivity index (χ0v) is 26.3. The normalized spacial score (nSPS) is 12.3. The first-order valence-electron chi connectivity index (χ1n) is 15.7. The summed E-state index contributed by atoms with van der Waals surface area (Å²) in [6.07, 6.45) is 2.07. The first kappa shape index (κ1) is 30.9. The Morgan fingerprint density at radius 3 is 2.24 bits per heavy atom. The lowest BCUT2D eigenvalue weighted by Crippen LogP contribution is -2.25. The SMILES string of the molecule is CCCCn1c(-c2ccccc2)nc(-c2ccc(OC)cc2)c1CN(Cc1ccc(C(=O)O)cc1)Cc1ccc2c(c1)OCCO2. The molecule has 1 aromatic heterocycles. The molecule has 0 fully saturated rings. The molecule has 6 rings (SSSR count). The number of aromatic nitrogens is 2. The van der Waals surface area contributed by atoms with Crippen molar-refractivity contribution < 1.29 is 24.1 Å². The smallest absolute Gasteiger partial charge is 0.335 e. The van der Waals surface area contributed by atoms with Crippen molar-refractivity contribution in [3.63, 3.8) is 0 Å². The number of ether oxygens (including phenoxy) is 3. The molecule has 236 valence electrons. The van der Waals surface area contributed by atoms with Crippen LogP contribution in [-0.4, -0.2) is 45.9 Å². The van der Waals surface area contributed by atoms with Gasteiger partial charge in [0.1, 0.15) is 24.8 Å². The van der Waals surface area contributed by atoms with Crippen LogP contribution in [0.3, 0.4) is 0 Å². The van der Waals surface area contributed by atoms with E-state index < -0.39 is 5.97 Å². The lowest BCUT2D eigenvalue weighted by molar-refractivity contribution is 0.0697. The monoisotopic (exact) mass is 617 g/mol. The fraction of sp³-hybridized carbons (Fsp3) is 0.263. The highest BCUT2D eigenvalue weighted by Gasteiger charge is 2.23. The summed E-state index contributed by atoms with van der Waals surface area (Å²) < 4.78 is 19.5. The molecule has 0 bridgehead atoms. The second kappa shape index (κ2) is 14.3. The number of aromatic carboxylic acids is 1. The summed E-state index contributed by atoms with van der Waals surface area (Å²) in [5.41, 5.74) is 6.55. The van der Waals surface area contributed by atoms with Crippen molar-refractivity contribution in [1.82, 2.24) is 14.5 Å². The molecule has 2 heterocycles. The fourth-order valence-corrected chi connectivity index (χ4v) is 5.83. The van der Waals surface area contributed by atoms with Crippen molar-refractivity contribution in [3.8, 4) is 39.9 Å². The number of benzene rings is 4. The zero-order chi connectivity index (χ0) is 31.9. The minimum absolute atomic E-state index is 0.272. The molecule has 0 saturated heterocycles. The van der Waals surface area contributed by atoms with Gasteiger partial charge in [0.25, 0.3) is 0 Å². The number of carboxylic acid groups (broad SMARTS) is 1. The maximum Gasteiger partial charge on any atom is 0.335 e. The molecule has 0 atom stereocenters. The van der Waals surface area contributed by atoms with Crippen LogP contribution in [0, 0.1) is 0 Å². The number of hydrogen-bond donors (Lipinski definition) is 1. The first-order valence-corrected chi connectivity index (χ1v) is 15.7. The highest BCUT2D eigenvalue weighted by atomic mass is 16.6. The maximum atomic E-state index is 11.5. The van der Waals surface area contributed by atoms with E-state index in [1.165, 1.54) is 0 Å². The molecule has 1 aliphatic heterocycles. The third-order valence-electron chi connectivity index (χ3n) is 8.20. The molecule has 0 amide bonds. The number of imidazole rings is 1. The minimum Gasteiger partial charge on any atom is -0.497 e. The van der Waals surface area contributed by atoms with Gasteiger partial charge in [0.15, 0.2) is 11.5 Å². The van der Waals surface area contributed by atoms with Gasteiger partial charge < -0.3 is 23.9 Å². The average Bonchev–Trinajstić information content (AvgIpc) is 3.45. The summed E-state index contributed by atoms with van der Waals surface area (Å²) in [6.45, 7) is 5.97. The van der Waals surface area contributed by atoms with E-state index in [0.29, 0.717) is 32.8 Å². The maximum absolute atomic E-state index is 11.5. The van der Waals surface area contributed by atoms with E-state index >= 15 is 0 Å². The highest BCUT2D eigenvalue weighted by molar-refractivity contribution is 5.87. The number of carboxylic acids is 1. The Morgan fingerprint density at radius 2 is 1.54 bits per heavy atom. The Balaban J connectivity index is 1.44. The second-order valence-corrected chi connectivity index (χ2v) is 11.5. The van der Waals surface area contributed by atoms with Gasteiger partial charge in [-0.3, -0.25) is 4.90 Å². The number of hydrogen-bond acceptors (Lipinski definition) is 6. The molecule has 0 radical (unpaired) electrons. The van der Waals surface area contributed by atoms with E-state index in [1.54, 1.807) is 19.2 Å². The molecule has 0 aliphatic carbocycles. The Bertz CT molecular complexity index is 1770. The van der Waals surface area contributed by atoms with Crippen molar-refractivity contribution in [2.24, 2.45) is 0 Å². The predicted octanol–water partition coefficient (Wildman–Crippen LogP) is 7.70. The summed E-state index contributed by atoms with van der Waals surface area (Å²) >= 11 is 0. The van der Waals surface area contributed by atoms with Gasteiger partial charge >= 0.3 is 5.97 Å². The Hall–Kier alpha value is -5.08. The van der Waals surface area contributed by atoms with E-state index in [1.807, 2.05) is 36.4 Å². The van der Waals surface area contributed by atoms with E-state index in [2.05, 4.69) is 64.9 Å². The molecular weight excluding hydrogens is 578 g/mol. The largest absolute Gasteiger partial charge is 0.497 e. The number of rotatable bonds is 13. The molecule has 8 heteroatoms. The minimum atomic E-state index is -0.933. The van der Waals surface area contributed by atoms with Crippen LogP contribution in [0.1, 0.15) is 46.9 Å². The lowest BCUT2D eigenvalue weighted by atomic mass is 10.1. The molecule has 0 saturated carbocycles. The van der Waals surface area contributed by atoms with Crippen LogP contribution in [-0.2, 0) is 26.2 Å². The van der Waals surface area contributed by atoms with Crippen LogP contribution in [0.5, 0.6) is 17.2 Å². The number of methoxy groups -OCH3 is 1. The van der Waals surface area contributed by atoms with Crippen molar-refractivity contribution in [3.05, 3.63) is 119 Å². The van der Waals surface area contributed by atoms with Crippen molar-refractivity contribution in [2.75, 3.05) is 20.3 Å². The van der Waals surface area contributed by atoms with E-state index in [-0.39, 0.29) is 5.56 Å². The summed E-state index contributed by atoms with van der Waals surface area (Å²) in [6, 6.07) is 31.7. The standard InChI is InChI=1S/C38H39N3O5/c1-3-4-20-41-33(36(29-15-17-32(44-2)18-16-29)39-37(41)30-8-6-5-7-9-30)26-40(24-27-10-13-31(14-11-27)38(42)43)25-28-12-19-34-35(23-28)46-22-21-45-34/h5-19,23H,3-4,20-22,24-26H2,1-2H3,(H,42,43). The molecule has 0 unspecified atom stereocenters. The van der Waals surface area contributed by atoms with E-state index in [0.717, 1.165) is 76.1 Å². The summed E-state index contributed by atoms with van der Waals surface area (Å²) in [7, 11) is 1.67. The topological polar surface area (TPSA) is 86.1 Å². The molecule has 1 N–H and O–H groups in total. The predicted molar refractivity (Wildman–Crippen MR) is 178 cm³/mol. The van der Waals surface area contributed by atoms with Gasteiger partial charge in [0.05, 0.1) is 24.1 Å². The third kappa shape index (κ3) is 7.08. The van der Waals surface area contributed by atoms with Gasteiger partial charge in [-0.1, -0.05) is 61.9 Å². The molecule has 5 aromatic rings. The van der Waals surface area contributed by atoms with Gasteiger partial charge in [0.2, 0.25) is 0 Å². The van der Waals surface area contributed by atoms with E-state index in [4.69, 9.17) is 19.2 Å². The molecule has 4 aromatic carbocycles. The lowest BCUT2D eigenvalue weighted by Gasteiger charge is -2.26. The number of nitrogens with zero attached hydrogens (tertiary/aromatic N) is 3. The Morgan fingerprint density at radius 1 is 0.848 bits per heavy atom. The summed E-state index contributed by atoms with van der Waals surface area (Å²) in [5.74, 6) is 2.33. The molecule has 0 spiro atoms. The first-order chi connectivity index (χ1) is 22.5. The van der Waals surface area contributed by atoms with Gasteiger partial charge in [0, 0.05) is 37.3 Å². The molecule has 1 aliphatic rings. The van der Waals surface area contributed by atoms with Crippen LogP contribution in [0.2, 0.25) is 0 Å². The summed E-state index contributed by atoms with van der Waals surface area (Å²) in [4.78, 5) is 19.2. The number of unbranched alkanes of at least 4 members (excludes halogenated alkanes) is 1.